The molecule has 0 spiro atoms. The topological polar surface area (TPSA) is 65.2 Å². The van der Waals surface area contributed by atoms with Crippen LogP contribution < -0.4 is 4.74 Å². The first-order valence-electron chi connectivity index (χ1n) is 7.83. The van der Waals surface area contributed by atoms with E-state index in [1.54, 1.807) is 23.5 Å². The Labute approximate surface area is 135 Å². The smallest absolute Gasteiger partial charge is 0.272 e. The number of ether oxygens (including phenoxy) is 1. The van der Waals surface area contributed by atoms with Gasteiger partial charge in [-0.1, -0.05) is 0 Å². The largest absolute Gasteiger partial charge is 0.481 e. The third-order valence-electron chi connectivity index (χ3n) is 4.48. The summed E-state index contributed by atoms with van der Waals surface area (Å²) in [4.78, 5) is 14.9. The SMILES string of the molecule is COc1c([C@@H]2CCCN2C(=O)c2cc(C)nn2C)c(C)nn1C. The molecule has 0 saturated carbocycles. The zero-order valence-corrected chi connectivity index (χ0v) is 14.3. The highest BCUT2D eigenvalue weighted by molar-refractivity contribution is 5.93. The minimum atomic E-state index is 0.00126. The number of hydrogen-bond acceptors (Lipinski definition) is 4. The zero-order valence-electron chi connectivity index (χ0n) is 14.3. The maximum absolute atomic E-state index is 13.0. The lowest BCUT2D eigenvalue weighted by atomic mass is 10.0. The molecular formula is C16H23N5O2. The fraction of sp³-hybridized carbons (Fsp3) is 0.562. The number of carbonyl (C=O) groups excluding carboxylic acids is 1. The van der Waals surface area contributed by atoms with Crippen molar-refractivity contribution in [3.8, 4) is 5.88 Å². The molecule has 0 aromatic carbocycles. The molecule has 0 unspecified atom stereocenters. The van der Waals surface area contributed by atoms with E-state index in [2.05, 4.69) is 10.2 Å². The molecule has 2 aromatic heterocycles. The molecule has 0 aliphatic carbocycles. The van der Waals surface area contributed by atoms with E-state index < -0.39 is 0 Å². The molecule has 23 heavy (non-hydrogen) atoms. The van der Waals surface area contributed by atoms with Gasteiger partial charge < -0.3 is 9.64 Å². The van der Waals surface area contributed by atoms with Crippen LogP contribution in [0.25, 0.3) is 0 Å². The van der Waals surface area contributed by atoms with Crippen LogP contribution in [-0.4, -0.2) is 44.0 Å². The normalized spacial score (nSPS) is 17.8. The van der Waals surface area contributed by atoms with Crippen LogP contribution in [0.4, 0.5) is 0 Å². The van der Waals surface area contributed by atoms with Gasteiger partial charge in [-0.3, -0.25) is 9.48 Å². The predicted octanol–water partition coefficient (Wildman–Crippen LogP) is 1.76. The van der Waals surface area contributed by atoms with E-state index in [1.807, 2.05) is 31.9 Å². The van der Waals surface area contributed by atoms with Gasteiger partial charge in [0.25, 0.3) is 5.91 Å². The van der Waals surface area contributed by atoms with Gasteiger partial charge in [-0.05, 0) is 32.8 Å². The van der Waals surface area contributed by atoms with Gasteiger partial charge >= 0.3 is 0 Å². The summed E-state index contributed by atoms with van der Waals surface area (Å²) in [6, 6.07) is 1.84. The van der Waals surface area contributed by atoms with E-state index in [1.165, 1.54) is 0 Å². The molecular weight excluding hydrogens is 294 g/mol. The number of aromatic nitrogens is 4. The molecule has 0 bridgehead atoms. The summed E-state index contributed by atoms with van der Waals surface area (Å²) in [5.74, 6) is 0.745. The van der Waals surface area contributed by atoms with E-state index in [0.29, 0.717) is 5.69 Å². The molecule has 1 aliphatic rings. The van der Waals surface area contributed by atoms with Crippen molar-refractivity contribution in [2.75, 3.05) is 13.7 Å². The molecule has 1 aliphatic heterocycles. The van der Waals surface area contributed by atoms with Gasteiger partial charge in [0, 0.05) is 20.6 Å². The van der Waals surface area contributed by atoms with Gasteiger partial charge in [-0.25, -0.2) is 4.68 Å². The third kappa shape index (κ3) is 2.50. The van der Waals surface area contributed by atoms with Crippen LogP contribution in [0.3, 0.4) is 0 Å². The highest BCUT2D eigenvalue weighted by Gasteiger charge is 2.36. The third-order valence-corrected chi connectivity index (χ3v) is 4.48. The molecule has 3 heterocycles. The summed E-state index contributed by atoms with van der Waals surface area (Å²) in [6.07, 6.45) is 1.90. The molecule has 1 saturated heterocycles. The van der Waals surface area contributed by atoms with Crippen LogP contribution in [-0.2, 0) is 14.1 Å². The van der Waals surface area contributed by atoms with Gasteiger partial charge in [0.1, 0.15) is 5.69 Å². The maximum Gasteiger partial charge on any atom is 0.272 e. The number of aryl methyl sites for hydroxylation is 4. The fourth-order valence-corrected chi connectivity index (χ4v) is 3.55. The first-order chi connectivity index (χ1) is 10.9. The van der Waals surface area contributed by atoms with Crippen LogP contribution in [0.5, 0.6) is 5.88 Å². The Morgan fingerprint density at radius 2 is 2.00 bits per heavy atom. The van der Waals surface area contributed by atoms with Crippen molar-refractivity contribution in [1.82, 2.24) is 24.5 Å². The molecule has 124 valence electrons. The number of nitrogens with zero attached hydrogens (tertiary/aromatic N) is 5. The average molecular weight is 317 g/mol. The minimum absolute atomic E-state index is 0.00126. The zero-order chi connectivity index (χ0) is 16.7. The minimum Gasteiger partial charge on any atom is -0.481 e. The van der Waals surface area contributed by atoms with Crippen LogP contribution in [0.2, 0.25) is 0 Å². The van der Waals surface area contributed by atoms with E-state index in [9.17, 15) is 4.79 Å². The standard InChI is InChI=1S/C16H23N5O2/c1-10-9-13(19(3)17-10)15(22)21-8-6-7-12(21)14-11(2)18-20(4)16(14)23-5/h9,12H,6-8H2,1-5H3/t12-/m0/s1. The fourth-order valence-electron chi connectivity index (χ4n) is 3.55. The number of carbonyl (C=O) groups is 1. The molecule has 0 N–H and O–H groups in total. The Kier molecular flexibility index (Phi) is 3.87. The predicted molar refractivity (Wildman–Crippen MR) is 85.5 cm³/mol. The monoisotopic (exact) mass is 317 g/mol. The van der Waals surface area contributed by atoms with Gasteiger partial charge in [-0.2, -0.15) is 10.2 Å². The first-order valence-corrected chi connectivity index (χ1v) is 7.83. The van der Waals surface area contributed by atoms with Crippen molar-refractivity contribution < 1.29 is 9.53 Å². The van der Waals surface area contributed by atoms with Crippen molar-refractivity contribution >= 4 is 5.91 Å². The summed E-state index contributed by atoms with van der Waals surface area (Å²) < 4.78 is 8.91. The Hall–Kier alpha value is -2.31. The highest BCUT2D eigenvalue weighted by atomic mass is 16.5. The Balaban J connectivity index is 1.98. The van der Waals surface area contributed by atoms with E-state index >= 15 is 0 Å². The van der Waals surface area contributed by atoms with E-state index in [0.717, 1.165) is 42.2 Å². The summed E-state index contributed by atoms with van der Waals surface area (Å²) in [5, 5.41) is 8.74. The van der Waals surface area contributed by atoms with Gasteiger partial charge in [0.2, 0.25) is 5.88 Å². The van der Waals surface area contributed by atoms with Crippen molar-refractivity contribution in [1.29, 1.82) is 0 Å². The van der Waals surface area contributed by atoms with Crippen molar-refractivity contribution in [3.05, 3.63) is 28.7 Å². The molecule has 1 amide bonds. The quantitative estimate of drug-likeness (QED) is 0.865. The molecule has 3 rings (SSSR count). The molecule has 7 heteroatoms. The Morgan fingerprint density at radius 1 is 1.26 bits per heavy atom. The number of hydrogen-bond donors (Lipinski definition) is 0. The summed E-state index contributed by atoms with van der Waals surface area (Å²) in [7, 11) is 5.31. The Morgan fingerprint density at radius 3 is 2.61 bits per heavy atom. The lowest BCUT2D eigenvalue weighted by Gasteiger charge is -2.25. The van der Waals surface area contributed by atoms with Gasteiger partial charge in [0.05, 0.1) is 30.1 Å². The Bertz CT molecular complexity index is 746. The average Bonchev–Trinajstić information content (AvgIpc) is 3.15. The van der Waals surface area contributed by atoms with Crippen LogP contribution in [0, 0.1) is 13.8 Å². The number of rotatable bonds is 3. The lowest BCUT2D eigenvalue weighted by molar-refractivity contribution is 0.0722. The van der Waals surface area contributed by atoms with Crippen molar-refractivity contribution in [2.45, 2.75) is 32.7 Å². The summed E-state index contributed by atoms with van der Waals surface area (Å²) in [6.45, 7) is 4.60. The highest BCUT2D eigenvalue weighted by Crippen LogP contribution is 2.39. The first kappa shape index (κ1) is 15.6. The van der Waals surface area contributed by atoms with E-state index in [4.69, 9.17) is 4.74 Å². The van der Waals surface area contributed by atoms with Crippen LogP contribution in [0.15, 0.2) is 6.07 Å². The molecule has 7 nitrogen and oxygen atoms in total. The van der Waals surface area contributed by atoms with Crippen LogP contribution in [0.1, 0.15) is 46.3 Å². The van der Waals surface area contributed by atoms with Crippen molar-refractivity contribution in [2.24, 2.45) is 14.1 Å². The van der Waals surface area contributed by atoms with Crippen LogP contribution >= 0.6 is 0 Å². The lowest BCUT2D eigenvalue weighted by Crippen LogP contribution is -2.32. The second-order valence-corrected chi connectivity index (χ2v) is 6.08. The van der Waals surface area contributed by atoms with Gasteiger partial charge in [-0.15, -0.1) is 0 Å². The second-order valence-electron chi connectivity index (χ2n) is 6.08. The second kappa shape index (κ2) is 5.72. The number of amides is 1. The molecule has 2 aromatic rings. The maximum atomic E-state index is 13.0. The van der Waals surface area contributed by atoms with Crippen molar-refractivity contribution in [3.63, 3.8) is 0 Å². The number of methoxy groups -OCH3 is 1. The molecule has 0 radical (unpaired) electrons. The summed E-state index contributed by atoms with van der Waals surface area (Å²) in [5.41, 5.74) is 3.40. The van der Waals surface area contributed by atoms with Gasteiger partial charge in [0.15, 0.2) is 0 Å². The van der Waals surface area contributed by atoms with E-state index in [-0.39, 0.29) is 11.9 Å². The molecule has 1 fully saturated rings. The summed E-state index contributed by atoms with van der Waals surface area (Å²) >= 11 is 0. The number of likely N-dealkylation sites (tertiary alicyclic amines) is 1. The molecule has 1 atom stereocenters.